The molecule has 1 aromatic carbocycles. The molecule has 4 heteroatoms. The van der Waals surface area contributed by atoms with Crippen molar-refractivity contribution in [2.24, 2.45) is 0 Å². The van der Waals surface area contributed by atoms with Crippen molar-refractivity contribution in [1.82, 2.24) is 4.98 Å². The van der Waals surface area contributed by atoms with E-state index in [0.29, 0.717) is 5.69 Å². The largest absolute Gasteiger partial charge is 0.384 e. The summed E-state index contributed by atoms with van der Waals surface area (Å²) in [7, 11) is 0. The van der Waals surface area contributed by atoms with Gasteiger partial charge in [-0.25, -0.2) is 4.98 Å². The van der Waals surface area contributed by atoms with Crippen LogP contribution in [0.4, 0.5) is 11.4 Å². The molecule has 0 spiro atoms. The summed E-state index contributed by atoms with van der Waals surface area (Å²) < 4.78 is 0. The van der Waals surface area contributed by atoms with Crippen LogP contribution in [-0.2, 0) is 0 Å². The number of hydrogen-bond acceptors (Lipinski definition) is 3. The summed E-state index contributed by atoms with van der Waals surface area (Å²) in [4.78, 5) is 16.5. The first-order valence-corrected chi connectivity index (χ1v) is 7.69. The van der Waals surface area contributed by atoms with Crippen molar-refractivity contribution in [1.29, 1.82) is 0 Å². The summed E-state index contributed by atoms with van der Waals surface area (Å²) in [6.45, 7) is 7.10. The minimum Gasteiger partial charge on any atom is -0.384 e. The average molecular weight is 297 g/mol. The van der Waals surface area contributed by atoms with Crippen molar-refractivity contribution < 1.29 is 4.79 Å². The zero-order valence-corrected chi connectivity index (χ0v) is 13.4. The molecule has 0 bridgehead atoms. The molecule has 1 heterocycles. The average Bonchev–Trinajstić information content (AvgIpc) is 2.53. The standard InChI is InChI=1S/C18H23N3O/c1-4-5-11-19-15-9-10-17(20-12-15)18(22)21-16-8-6-7-13(2)14(16)3/h6-10,12,19H,4-5,11H2,1-3H3,(H,21,22). The lowest BCUT2D eigenvalue weighted by Crippen LogP contribution is -2.14. The van der Waals surface area contributed by atoms with Crippen LogP contribution in [0.15, 0.2) is 36.5 Å². The number of hydrogen-bond donors (Lipinski definition) is 2. The Kier molecular flexibility index (Phi) is 5.53. The lowest BCUT2D eigenvalue weighted by Gasteiger charge is -2.10. The van der Waals surface area contributed by atoms with Gasteiger partial charge in [-0.3, -0.25) is 4.79 Å². The molecule has 22 heavy (non-hydrogen) atoms. The molecule has 0 aliphatic rings. The maximum absolute atomic E-state index is 12.3. The Labute approximate surface area is 132 Å². The highest BCUT2D eigenvalue weighted by Crippen LogP contribution is 2.18. The molecule has 0 fully saturated rings. The highest BCUT2D eigenvalue weighted by molar-refractivity contribution is 6.03. The Hall–Kier alpha value is -2.36. The molecular weight excluding hydrogens is 274 g/mol. The molecule has 116 valence electrons. The Morgan fingerprint density at radius 2 is 2.00 bits per heavy atom. The first kappa shape index (κ1) is 16.0. The van der Waals surface area contributed by atoms with Gasteiger partial charge >= 0.3 is 0 Å². The van der Waals surface area contributed by atoms with Gasteiger partial charge < -0.3 is 10.6 Å². The molecule has 0 unspecified atom stereocenters. The molecule has 0 radical (unpaired) electrons. The topological polar surface area (TPSA) is 54.0 Å². The summed E-state index contributed by atoms with van der Waals surface area (Å²) in [5.74, 6) is -0.186. The van der Waals surface area contributed by atoms with Crippen molar-refractivity contribution in [3.05, 3.63) is 53.3 Å². The van der Waals surface area contributed by atoms with E-state index in [4.69, 9.17) is 0 Å². The zero-order chi connectivity index (χ0) is 15.9. The van der Waals surface area contributed by atoms with E-state index >= 15 is 0 Å². The van der Waals surface area contributed by atoms with E-state index in [9.17, 15) is 4.79 Å². The maximum Gasteiger partial charge on any atom is 0.274 e. The van der Waals surface area contributed by atoms with Crippen LogP contribution in [0, 0.1) is 13.8 Å². The second-order valence-electron chi connectivity index (χ2n) is 5.41. The van der Waals surface area contributed by atoms with Crippen molar-refractivity contribution in [3.8, 4) is 0 Å². The molecule has 0 saturated carbocycles. The van der Waals surface area contributed by atoms with E-state index in [1.165, 1.54) is 0 Å². The Bertz CT molecular complexity index is 635. The molecule has 2 aromatic rings. The molecule has 1 amide bonds. The minimum atomic E-state index is -0.186. The van der Waals surface area contributed by atoms with Gasteiger partial charge in [0.25, 0.3) is 5.91 Å². The number of rotatable bonds is 6. The molecular formula is C18H23N3O. The summed E-state index contributed by atoms with van der Waals surface area (Å²) in [5.41, 5.74) is 4.42. The van der Waals surface area contributed by atoms with Gasteiger partial charge in [-0.05, 0) is 49.6 Å². The van der Waals surface area contributed by atoms with Crippen LogP contribution in [0.25, 0.3) is 0 Å². The Morgan fingerprint density at radius 1 is 1.18 bits per heavy atom. The Balaban J connectivity index is 2.02. The fraction of sp³-hybridized carbons (Fsp3) is 0.333. The highest BCUT2D eigenvalue weighted by atomic mass is 16.1. The second kappa shape index (κ2) is 7.59. The highest BCUT2D eigenvalue weighted by Gasteiger charge is 2.09. The number of carbonyl (C=O) groups excluding carboxylic acids is 1. The normalized spacial score (nSPS) is 10.3. The third-order valence-corrected chi connectivity index (χ3v) is 3.71. The van der Waals surface area contributed by atoms with Gasteiger partial charge in [0.15, 0.2) is 0 Å². The van der Waals surface area contributed by atoms with Gasteiger partial charge in [0.05, 0.1) is 11.9 Å². The van der Waals surface area contributed by atoms with E-state index in [0.717, 1.165) is 41.9 Å². The van der Waals surface area contributed by atoms with E-state index in [2.05, 4.69) is 22.5 Å². The predicted octanol–water partition coefficient (Wildman–Crippen LogP) is 4.16. The summed E-state index contributed by atoms with van der Waals surface area (Å²) in [6, 6.07) is 9.50. The third-order valence-electron chi connectivity index (χ3n) is 3.71. The number of anilines is 2. The van der Waals surface area contributed by atoms with Crippen LogP contribution < -0.4 is 10.6 Å². The molecule has 2 N–H and O–H groups in total. The molecule has 2 rings (SSSR count). The van der Waals surface area contributed by atoms with Gasteiger partial charge in [-0.1, -0.05) is 25.5 Å². The summed E-state index contributed by atoms with van der Waals surface area (Å²) >= 11 is 0. The van der Waals surface area contributed by atoms with Crippen LogP contribution in [0.1, 0.15) is 41.4 Å². The molecule has 0 aliphatic heterocycles. The Morgan fingerprint density at radius 3 is 2.68 bits per heavy atom. The quantitative estimate of drug-likeness (QED) is 0.787. The number of unbranched alkanes of at least 4 members (excludes halogenated alkanes) is 1. The number of pyridine rings is 1. The van der Waals surface area contributed by atoms with Crippen molar-refractivity contribution in [2.75, 3.05) is 17.2 Å². The number of carbonyl (C=O) groups is 1. The number of aryl methyl sites for hydroxylation is 1. The van der Waals surface area contributed by atoms with Crippen LogP contribution in [0.2, 0.25) is 0 Å². The molecule has 1 aromatic heterocycles. The molecule has 4 nitrogen and oxygen atoms in total. The van der Waals surface area contributed by atoms with Crippen molar-refractivity contribution >= 4 is 17.3 Å². The smallest absolute Gasteiger partial charge is 0.274 e. The van der Waals surface area contributed by atoms with E-state index < -0.39 is 0 Å². The van der Waals surface area contributed by atoms with Gasteiger partial charge in [0.2, 0.25) is 0 Å². The van der Waals surface area contributed by atoms with E-state index in [1.807, 2.05) is 38.1 Å². The lowest BCUT2D eigenvalue weighted by atomic mass is 10.1. The van der Waals surface area contributed by atoms with Crippen LogP contribution in [-0.4, -0.2) is 17.4 Å². The van der Waals surface area contributed by atoms with Crippen LogP contribution in [0.3, 0.4) is 0 Å². The SMILES string of the molecule is CCCCNc1ccc(C(=O)Nc2cccc(C)c2C)nc1. The predicted molar refractivity (Wildman–Crippen MR) is 91.5 cm³/mol. The van der Waals surface area contributed by atoms with Gasteiger partial charge in [0.1, 0.15) is 5.69 Å². The van der Waals surface area contributed by atoms with E-state index in [1.54, 1.807) is 12.3 Å². The summed E-state index contributed by atoms with van der Waals surface area (Å²) in [6.07, 6.45) is 3.97. The molecule has 0 aliphatic carbocycles. The third kappa shape index (κ3) is 4.07. The number of nitrogens with zero attached hydrogens (tertiary/aromatic N) is 1. The van der Waals surface area contributed by atoms with Gasteiger partial charge in [0, 0.05) is 12.2 Å². The van der Waals surface area contributed by atoms with E-state index in [-0.39, 0.29) is 5.91 Å². The van der Waals surface area contributed by atoms with Gasteiger partial charge in [-0.2, -0.15) is 0 Å². The molecule has 0 saturated heterocycles. The van der Waals surface area contributed by atoms with Crippen molar-refractivity contribution in [3.63, 3.8) is 0 Å². The van der Waals surface area contributed by atoms with Crippen LogP contribution >= 0.6 is 0 Å². The lowest BCUT2D eigenvalue weighted by molar-refractivity contribution is 0.102. The van der Waals surface area contributed by atoms with Crippen molar-refractivity contribution in [2.45, 2.75) is 33.6 Å². The number of nitrogens with one attached hydrogen (secondary N) is 2. The molecule has 0 atom stereocenters. The zero-order valence-electron chi connectivity index (χ0n) is 13.4. The minimum absolute atomic E-state index is 0.186. The van der Waals surface area contributed by atoms with Gasteiger partial charge in [-0.15, -0.1) is 0 Å². The number of benzene rings is 1. The summed E-state index contributed by atoms with van der Waals surface area (Å²) in [5, 5.41) is 6.20. The first-order valence-electron chi connectivity index (χ1n) is 7.69. The fourth-order valence-electron chi connectivity index (χ4n) is 2.12. The van der Waals surface area contributed by atoms with Crippen LogP contribution in [0.5, 0.6) is 0 Å². The first-order chi connectivity index (χ1) is 10.6. The fourth-order valence-corrected chi connectivity index (χ4v) is 2.12. The maximum atomic E-state index is 12.3. The number of aromatic nitrogens is 1. The second-order valence-corrected chi connectivity index (χ2v) is 5.41. The monoisotopic (exact) mass is 297 g/mol. The number of amides is 1.